The van der Waals surface area contributed by atoms with Gasteiger partial charge in [0.15, 0.2) is 0 Å². The Kier molecular flexibility index (Phi) is 6.24. The maximum absolute atomic E-state index is 13.4. The van der Waals surface area contributed by atoms with Gasteiger partial charge in [0.1, 0.15) is 12.3 Å². The Morgan fingerprint density at radius 1 is 1.07 bits per heavy atom. The van der Waals surface area contributed by atoms with Gasteiger partial charge in [0.25, 0.3) is 10.0 Å². The summed E-state index contributed by atoms with van der Waals surface area (Å²) in [6.45, 7) is 2.96. The van der Waals surface area contributed by atoms with Crippen molar-refractivity contribution < 1.29 is 17.9 Å². The number of carbonyl (C=O) groups excluding carboxylic acids is 1. The predicted octanol–water partition coefficient (Wildman–Crippen LogP) is 3.21. The highest BCUT2D eigenvalue weighted by molar-refractivity contribution is 7.92. The first-order valence-corrected chi connectivity index (χ1v) is 10.9. The van der Waals surface area contributed by atoms with Crippen LogP contribution in [0.3, 0.4) is 0 Å². The maximum Gasteiger partial charge on any atom is 0.264 e. The van der Waals surface area contributed by atoms with Gasteiger partial charge >= 0.3 is 0 Å². The Balaban J connectivity index is 2.04. The quantitative estimate of drug-likeness (QED) is 0.744. The van der Waals surface area contributed by atoms with E-state index in [2.05, 4.69) is 0 Å². The minimum Gasteiger partial charge on any atom is -0.495 e. The summed E-state index contributed by atoms with van der Waals surface area (Å²) in [4.78, 5) is 14.8. The molecule has 2 aromatic carbocycles. The molecule has 0 aromatic heterocycles. The normalized spacial score (nSPS) is 14.6. The summed E-state index contributed by atoms with van der Waals surface area (Å²) < 4.78 is 33.4. The van der Waals surface area contributed by atoms with Gasteiger partial charge in [0, 0.05) is 13.1 Å². The molecular formula is C21H26N2O4S. The molecule has 1 fully saturated rings. The van der Waals surface area contributed by atoms with Gasteiger partial charge in [-0.1, -0.05) is 24.3 Å². The van der Waals surface area contributed by atoms with Crippen LogP contribution in [0.2, 0.25) is 0 Å². The van der Waals surface area contributed by atoms with E-state index in [1.54, 1.807) is 35.2 Å². The van der Waals surface area contributed by atoms with Crippen molar-refractivity contribution in [2.45, 2.75) is 31.1 Å². The van der Waals surface area contributed by atoms with Crippen LogP contribution in [0.5, 0.6) is 5.75 Å². The highest BCUT2D eigenvalue weighted by Crippen LogP contribution is 2.33. The van der Waals surface area contributed by atoms with E-state index >= 15 is 0 Å². The molecule has 1 saturated heterocycles. The molecule has 0 aliphatic carbocycles. The van der Waals surface area contributed by atoms with Crippen LogP contribution in [0, 0.1) is 6.92 Å². The lowest BCUT2D eigenvalue weighted by Gasteiger charge is -2.31. The fourth-order valence-corrected chi connectivity index (χ4v) is 4.82. The minimum atomic E-state index is -3.93. The largest absolute Gasteiger partial charge is 0.495 e. The van der Waals surface area contributed by atoms with Crippen LogP contribution in [0.25, 0.3) is 0 Å². The van der Waals surface area contributed by atoms with Gasteiger partial charge < -0.3 is 9.64 Å². The summed E-state index contributed by atoms with van der Waals surface area (Å²) in [7, 11) is -2.44. The number of sulfonamides is 1. The monoisotopic (exact) mass is 402 g/mol. The third-order valence-corrected chi connectivity index (χ3v) is 6.70. The van der Waals surface area contributed by atoms with Gasteiger partial charge in [-0.3, -0.25) is 9.10 Å². The number of nitrogens with zero attached hydrogens (tertiary/aromatic N) is 2. The first kappa shape index (κ1) is 20.2. The fourth-order valence-electron chi connectivity index (χ4n) is 3.38. The first-order chi connectivity index (χ1) is 13.4. The van der Waals surface area contributed by atoms with Crippen molar-refractivity contribution in [3.63, 3.8) is 0 Å². The van der Waals surface area contributed by atoms with E-state index < -0.39 is 10.0 Å². The average Bonchev–Trinajstić information content (AvgIpc) is 2.73. The Bertz CT molecular complexity index is 923. The van der Waals surface area contributed by atoms with E-state index in [9.17, 15) is 13.2 Å². The Morgan fingerprint density at radius 2 is 1.75 bits per heavy atom. The number of carbonyl (C=O) groups is 1. The van der Waals surface area contributed by atoms with E-state index in [0.29, 0.717) is 24.5 Å². The van der Waals surface area contributed by atoms with Gasteiger partial charge in [0.05, 0.1) is 17.7 Å². The molecule has 150 valence electrons. The van der Waals surface area contributed by atoms with Crippen molar-refractivity contribution in [1.29, 1.82) is 0 Å². The second-order valence-corrected chi connectivity index (χ2v) is 8.80. The number of hydrogen-bond acceptors (Lipinski definition) is 4. The highest BCUT2D eigenvalue weighted by atomic mass is 32.2. The molecule has 0 saturated carbocycles. The Hall–Kier alpha value is -2.54. The molecule has 0 spiro atoms. The SMILES string of the molecule is COc1ccc(C)cc1N(CC(=O)N1CCCCC1)S(=O)(=O)c1ccccc1. The number of hydrogen-bond donors (Lipinski definition) is 0. The number of benzene rings is 2. The van der Waals surface area contributed by atoms with Gasteiger partial charge in [-0.15, -0.1) is 0 Å². The predicted molar refractivity (Wildman–Crippen MR) is 109 cm³/mol. The number of aryl methyl sites for hydroxylation is 1. The fraction of sp³-hybridized carbons (Fsp3) is 0.381. The van der Waals surface area contributed by atoms with Crippen LogP contribution in [-0.2, 0) is 14.8 Å². The molecule has 0 N–H and O–H groups in total. The van der Waals surface area contributed by atoms with E-state index in [1.165, 1.54) is 23.5 Å². The number of likely N-dealkylation sites (tertiary alicyclic amines) is 1. The van der Waals surface area contributed by atoms with Crippen LogP contribution < -0.4 is 9.04 Å². The van der Waals surface area contributed by atoms with E-state index in [4.69, 9.17) is 4.74 Å². The number of ether oxygens (including phenoxy) is 1. The topological polar surface area (TPSA) is 66.9 Å². The van der Waals surface area contributed by atoms with Gasteiger partial charge in [0.2, 0.25) is 5.91 Å². The summed E-state index contributed by atoms with van der Waals surface area (Å²) in [5, 5.41) is 0. The van der Waals surface area contributed by atoms with Crippen molar-refractivity contribution >= 4 is 21.6 Å². The molecule has 1 heterocycles. The smallest absolute Gasteiger partial charge is 0.264 e. The van der Waals surface area contributed by atoms with Crippen molar-refractivity contribution in [2.75, 3.05) is 31.0 Å². The lowest BCUT2D eigenvalue weighted by Crippen LogP contribution is -2.45. The number of rotatable bonds is 6. The lowest BCUT2D eigenvalue weighted by molar-refractivity contribution is -0.130. The van der Waals surface area contributed by atoms with Crippen molar-refractivity contribution in [2.24, 2.45) is 0 Å². The van der Waals surface area contributed by atoms with Gasteiger partial charge in [-0.2, -0.15) is 0 Å². The van der Waals surface area contributed by atoms with Crippen molar-refractivity contribution in [3.05, 3.63) is 54.1 Å². The standard InChI is InChI=1S/C21H26N2O4S/c1-17-11-12-20(27-2)19(15-17)23(16-21(24)22-13-7-4-8-14-22)28(25,26)18-9-5-3-6-10-18/h3,5-6,9-12,15H,4,7-8,13-14,16H2,1-2H3. The van der Waals surface area contributed by atoms with Crippen LogP contribution in [-0.4, -0.2) is 46.0 Å². The third-order valence-electron chi connectivity index (χ3n) is 4.92. The van der Waals surface area contributed by atoms with Gasteiger partial charge in [-0.25, -0.2) is 8.42 Å². The number of methoxy groups -OCH3 is 1. The zero-order valence-corrected chi connectivity index (χ0v) is 17.1. The molecular weight excluding hydrogens is 376 g/mol. The average molecular weight is 403 g/mol. The molecule has 6 nitrogen and oxygen atoms in total. The van der Waals surface area contributed by atoms with E-state index in [1.807, 2.05) is 13.0 Å². The molecule has 0 unspecified atom stereocenters. The van der Waals surface area contributed by atoms with Crippen LogP contribution in [0.15, 0.2) is 53.4 Å². The molecule has 2 aromatic rings. The maximum atomic E-state index is 13.4. The highest BCUT2D eigenvalue weighted by Gasteiger charge is 2.31. The number of anilines is 1. The lowest BCUT2D eigenvalue weighted by atomic mass is 10.1. The molecule has 0 bridgehead atoms. The molecule has 1 amide bonds. The zero-order chi connectivity index (χ0) is 20.1. The Morgan fingerprint density at radius 3 is 2.39 bits per heavy atom. The molecule has 1 aliphatic rings. The number of amides is 1. The van der Waals surface area contributed by atoms with Gasteiger partial charge in [-0.05, 0) is 56.0 Å². The van der Waals surface area contributed by atoms with Crippen molar-refractivity contribution in [1.82, 2.24) is 4.90 Å². The molecule has 1 aliphatic heterocycles. The van der Waals surface area contributed by atoms with Crippen LogP contribution in [0.1, 0.15) is 24.8 Å². The number of piperidine rings is 1. The second-order valence-electron chi connectivity index (χ2n) is 6.94. The molecule has 28 heavy (non-hydrogen) atoms. The summed E-state index contributed by atoms with van der Waals surface area (Å²) in [6, 6.07) is 13.5. The molecule has 3 rings (SSSR count). The van der Waals surface area contributed by atoms with Crippen LogP contribution >= 0.6 is 0 Å². The van der Waals surface area contributed by atoms with E-state index in [-0.39, 0.29) is 17.3 Å². The van der Waals surface area contributed by atoms with Crippen molar-refractivity contribution in [3.8, 4) is 5.75 Å². The third kappa shape index (κ3) is 4.30. The summed E-state index contributed by atoms with van der Waals surface area (Å²) in [5.41, 5.74) is 1.26. The summed E-state index contributed by atoms with van der Waals surface area (Å²) in [5.74, 6) is 0.222. The zero-order valence-electron chi connectivity index (χ0n) is 16.3. The second kappa shape index (κ2) is 8.65. The van der Waals surface area contributed by atoms with E-state index in [0.717, 1.165) is 24.8 Å². The minimum absolute atomic E-state index is 0.144. The summed E-state index contributed by atoms with van der Waals surface area (Å²) >= 11 is 0. The first-order valence-electron chi connectivity index (χ1n) is 9.43. The molecule has 0 atom stereocenters. The summed E-state index contributed by atoms with van der Waals surface area (Å²) in [6.07, 6.45) is 3.00. The molecule has 7 heteroatoms. The Labute approximate surface area is 166 Å². The molecule has 0 radical (unpaired) electrons. The van der Waals surface area contributed by atoms with Crippen LogP contribution in [0.4, 0.5) is 5.69 Å².